The van der Waals surface area contributed by atoms with Crippen LogP contribution in [-0.4, -0.2) is 299 Å². The Hall–Kier alpha value is -1.61. The molecule has 0 aromatic rings. The van der Waals surface area contributed by atoms with E-state index in [4.69, 9.17) is 56.8 Å². The molecule has 89 heavy (non-hydrogen) atoms. The maximum atomic E-state index is 12.7. The zero-order chi connectivity index (χ0) is 64.6. The molecule has 29 nitrogen and oxygen atoms in total. The van der Waals surface area contributed by atoms with E-state index in [-0.39, 0.29) is 41.2 Å². The summed E-state index contributed by atoms with van der Waals surface area (Å²) in [5.41, 5.74) is -3.82. The SMILES string of the molecule is CC(=O)O[C@@H]1CC(C)(C)CC2[C@@]13CO[C@]21CCC2[C@]4(C)CC[C@@H](O[C@H]5OC[C@@H](O[C@H]6O[C@@H](CO)[C@H](O)[C@@H](O)[C@@H]6O[C@H]6OC[C@H](O[C@H]7O[C@@H](CO)[C@H](O)[C@@H](O)[C@@H]7O)[C@@H](O)[C@@H]6O)[C@@H](O)[C@@H]5O[C@H]5O[C@@H](CO)[C@H](O)[C@@H](O)[C@@H]5O)[C@](C)(CO)C4CC[C@]2(C)[C@@]1(C)C[C@@H]3O. The molecule has 512 valence electrons. The van der Waals surface area contributed by atoms with Crippen LogP contribution in [-0.2, 0) is 61.6 Å². The molecule has 3 unspecified atom stereocenters. The van der Waals surface area contributed by atoms with E-state index in [1.54, 1.807) is 0 Å². The Morgan fingerprint density at radius 3 is 1.60 bits per heavy atom. The lowest BCUT2D eigenvalue weighted by Gasteiger charge is -2.75. The highest BCUT2D eigenvalue weighted by molar-refractivity contribution is 5.66. The highest BCUT2D eigenvalue weighted by atomic mass is 16.8. The minimum Gasteiger partial charge on any atom is -0.462 e. The molecule has 1 spiro atoms. The van der Waals surface area contributed by atoms with Crippen LogP contribution in [0, 0.1) is 50.2 Å². The van der Waals surface area contributed by atoms with Gasteiger partial charge in [-0.1, -0.05) is 41.5 Å². The number of hydrogen-bond acceptors (Lipinski definition) is 29. The van der Waals surface area contributed by atoms with Crippen molar-refractivity contribution < 1.29 is 143 Å². The third kappa shape index (κ3) is 10.9. The van der Waals surface area contributed by atoms with Gasteiger partial charge < -0.3 is 139 Å². The smallest absolute Gasteiger partial charge is 0.302 e. The van der Waals surface area contributed by atoms with E-state index in [0.717, 1.165) is 25.7 Å². The molecule has 0 radical (unpaired) electrons. The lowest BCUT2D eigenvalue weighted by molar-refractivity contribution is -0.395. The third-order valence-corrected chi connectivity index (χ3v) is 24.4. The lowest BCUT2D eigenvalue weighted by Crippen LogP contribution is -2.75. The number of aliphatic hydroxyl groups is 16. The first-order valence-electron chi connectivity index (χ1n) is 31.7. The first kappa shape index (κ1) is 68.8. The van der Waals surface area contributed by atoms with Gasteiger partial charge in [-0.3, -0.25) is 4.79 Å². The quantitative estimate of drug-likeness (QED) is 0.0541. The van der Waals surface area contributed by atoms with Gasteiger partial charge in [0.2, 0.25) is 0 Å². The monoisotopic (exact) mass is 1280 g/mol. The van der Waals surface area contributed by atoms with E-state index >= 15 is 0 Å². The second-order valence-electron chi connectivity index (χ2n) is 29.5. The number of aliphatic hydroxyl groups excluding tert-OH is 16. The molecule has 16 N–H and O–H groups in total. The number of carbonyl (C=O) groups excluding carboxylic acids is 1. The Balaban J connectivity index is 0.828. The number of fused-ring (bicyclic) bond motifs is 4. The maximum Gasteiger partial charge on any atom is 0.302 e. The van der Waals surface area contributed by atoms with Gasteiger partial charge in [0.05, 0.1) is 69.5 Å². The minimum absolute atomic E-state index is 0.0715. The van der Waals surface area contributed by atoms with E-state index in [0.29, 0.717) is 38.7 Å². The molecule has 5 saturated carbocycles. The van der Waals surface area contributed by atoms with Gasteiger partial charge in [0.25, 0.3) is 0 Å². The van der Waals surface area contributed by atoms with Gasteiger partial charge in [-0.25, -0.2) is 0 Å². The fourth-order valence-electron chi connectivity index (χ4n) is 19.4. The van der Waals surface area contributed by atoms with Crippen LogP contribution in [0.15, 0.2) is 0 Å². The molecule has 0 aromatic heterocycles. The van der Waals surface area contributed by atoms with Crippen LogP contribution >= 0.6 is 0 Å². The molecule has 0 aromatic carbocycles. The summed E-state index contributed by atoms with van der Waals surface area (Å²) in [5.74, 6) is -0.536. The summed E-state index contributed by atoms with van der Waals surface area (Å²) in [4.78, 5) is 12.7. The van der Waals surface area contributed by atoms with Gasteiger partial charge in [-0.15, -0.1) is 0 Å². The van der Waals surface area contributed by atoms with E-state index < -0.39 is 220 Å². The van der Waals surface area contributed by atoms with Gasteiger partial charge in [0.1, 0.15) is 116 Å². The number of ether oxygens (including phenoxy) is 12. The molecule has 5 aliphatic carbocycles. The van der Waals surface area contributed by atoms with Crippen LogP contribution in [0.2, 0.25) is 0 Å². The summed E-state index contributed by atoms with van der Waals surface area (Å²) in [6.07, 6.45) is -37.2. The van der Waals surface area contributed by atoms with Crippen LogP contribution in [0.1, 0.15) is 106 Å². The van der Waals surface area contributed by atoms with Crippen LogP contribution in [0.3, 0.4) is 0 Å². The molecule has 0 amide bonds. The Kier molecular flexibility index (Phi) is 19.4. The maximum absolute atomic E-state index is 12.7. The fourth-order valence-corrected chi connectivity index (χ4v) is 19.4. The van der Waals surface area contributed by atoms with E-state index in [9.17, 15) is 86.5 Å². The van der Waals surface area contributed by atoms with Gasteiger partial charge >= 0.3 is 5.97 Å². The minimum atomic E-state index is -2.03. The zero-order valence-corrected chi connectivity index (χ0v) is 51.5. The van der Waals surface area contributed by atoms with E-state index in [1.807, 2.05) is 6.92 Å². The van der Waals surface area contributed by atoms with Crippen LogP contribution < -0.4 is 0 Å². The summed E-state index contributed by atoms with van der Waals surface area (Å²) in [5, 5.41) is 176. The molecule has 11 fully saturated rings. The molecule has 6 aliphatic heterocycles. The Bertz CT molecular complexity index is 2460. The van der Waals surface area contributed by atoms with Crippen molar-refractivity contribution in [1.29, 1.82) is 0 Å². The molecule has 11 rings (SSSR count). The van der Waals surface area contributed by atoms with Crippen LogP contribution in [0.4, 0.5) is 0 Å². The highest BCUT2D eigenvalue weighted by Gasteiger charge is 2.82. The largest absolute Gasteiger partial charge is 0.462 e. The van der Waals surface area contributed by atoms with Crippen molar-refractivity contribution >= 4 is 5.97 Å². The highest BCUT2D eigenvalue weighted by Crippen LogP contribution is 2.81. The first-order valence-corrected chi connectivity index (χ1v) is 31.7. The topological polar surface area (TPSA) is 452 Å². The average molecular weight is 1280 g/mol. The van der Waals surface area contributed by atoms with Crippen molar-refractivity contribution in [2.24, 2.45) is 50.2 Å². The zero-order valence-electron chi connectivity index (χ0n) is 51.5. The van der Waals surface area contributed by atoms with E-state index in [1.165, 1.54) is 6.92 Å². The molecule has 6 saturated heterocycles. The predicted octanol–water partition coefficient (Wildman–Crippen LogP) is -4.73. The Morgan fingerprint density at radius 2 is 1.00 bits per heavy atom. The number of rotatable bonds is 15. The van der Waals surface area contributed by atoms with Crippen molar-refractivity contribution in [3.05, 3.63) is 0 Å². The first-order chi connectivity index (χ1) is 41.8. The molecule has 2 bridgehead atoms. The predicted molar refractivity (Wildman–Crippen MR) is 295 cm³/mol. The summed E-state index contributed by atoms with van der Waals surface area (Å²) in [6.45, 7) is 11.0. The van der Waals surface area contributed by atoms with Crippen molar-refractivity contribution in [1.82, 2.24) is 0 Å². The summed E-state index contributed by atoms with van der Waals surface area (Å²) in [6, 6.07) is 0. The van der Waals surface area contributed by atoms with Gasteiger partial charge in [0.15, 0.2) is 31.5 Å². The van der Waals surface area contributed by atoms with Crippen molar-refractivity contribution in [2.75, 3.05) is 46.2 Å². The molecular weight excluding hydrogens is 1180 g/mol. The number of esters is 1. The van der Waals surface area contributed by atoms with Gasteiger partial charge in [-0.2, -0.15) is 0 Å². The molecule has 29 heteroatoms. The second kappa shape index (κ2) is 25.1. The van der Waals surface area contributed by atoms with Crippen molar-refractivity contribution in [3.63, 3.8) is 0 Å². The lowest BCUT2D eigenvalue weighted by atomic mass is 9.30. The number of hydrogen-bond donors (Lipinski definition) is 16. The molecule has 6 heterocycles. The molecule has 11 aliphatic rings. The summed E-state index contributed by atoms with van der Waals surface area (Å²) >= 11 is 0. The summed E-state index contributed by atoms with van der Waals surface area (Å²) in [7, 11) is 0. The van der Waals surface area contributed by atoms with Crippen molar-refractivity contribution in [2.45, 2.75) is 271 Å². The van der Waals surface area contributed by atoms with Crippen LogP contribution in [0.25, 0.3) is 0 Å². The fraction of sp³-hybridized carbons (Fsp3) is 0.983. The third-order valence-electron chi connectivity index (χ3n) is 24.4. The molecular formula is C60H98O29. The second-order valence-corrected chi connectivity index (χ2v) is 29.5. The van der Waals surface area contributed by atoms with E-state index in [2.05, 4.69) is 34.6 Å². The van der Waals surface area contributed by atoms with Crippen LogP contribution in [0.5, 0.6) is 0 Å². The van der Waals surface area contributed by atoms with Gasteiger partial charge in [-0.05, 0) is 85.9 Å². The standard InChI is InChI=1S/C60H98O29/c1-24(65)81-35-16-54(2,3)14-32-59(35)23-80-60(32)13-9-31-55(4)11-10-34(56(5,22-64)30(55)8-12-57(31,6)58(60,7)15-33(59)66)87-52-47(89-51-46(77)42(73)37(68)26(18-62)83-51)40(71)29(21-79-52)86-53-48(43(74)38(69)27(19-63)84-53)88-49-44(75)39(70)28(20-78-49)85-50-45(76)41(72)36(67)25(17-61)82-50/h25-53,61-64,66-77H,8-23H2,1-7H3/t25-,26-,27-,28-,29+,30?,31?,32?,33-,34+,35+,36-,37-,38-,39+,40+,41+,42+,43+,44-,45-,46-,47-,48-,49+,50+,51+,52+,53+,55+,56+,57-,58+,59+,60+/m0/s1. The number of carbonyl (C=O) groups is 1. The average Bonchev–Trinajstić information content (AvgIpc) is 1.61. The van der Waals surface area contributed by atoms with Crippen molar-refractivity contribution in [3.8, 4) is 0 Å². The normalized spacial score (nSPS) is 56.4. The molecule has 35 atom stereocenters. The Morgan fingerprint density at radius 1 is 0.483 bits per heavy atom. The summed E-state index contributed by atoms with van der Waals surface area (Å²) < 4.78 is 73.7. The van der Waals surface area contributed by atoms with Gasteiger partial charge in [0, 0.05) is 23.7 Å². The Labute approximate surface area is 515 Å².